The van der Waals surface area contributed by atoms with Crippen molar-refractivity contribution in [1.29, 1.82) is 0 Å². The van der Waals surface area contributed by atoms with Crippen LogP contribution in [0.5, 0.6) is 0 Å². The fourth-order valence-corrected chi connectivity index (χ4v) is 8.22. The van der Waals surface area contributed by atoms with E-state index < -0.39 is 0 Å². The van der Waals surface area contributed by atoms with Crippen molar-refractivity contribution in [2.45, 2.75) is 0 Å². The summed E-state index contributed by atoms with van der Waals surface area (Å²) in [7, 11) is 0. The van der Waals surface area contributed by atoms with E-state index in [2.05, 4.69) is 191 Å². The van der Waals surface area contributed by atoms with Crippen LogP contribution in [-0.4, -0.2) is 19.1 Å². The minimum absolute atomic E-state index is 0.699. The Kier molecular flexibility index (Phi) is 6.82. The van der Waals surface area contributed by atoms with E-state index in [0.717, 1.165) is 39.5 Å². The normalized spacial score (nSPS) is 11.7. The topological polar surface area (TPSA) is 35.6 Å². The van der Waals surface area contributed by atoms with Gasteiger partial charge in [-0.05, 0) is 71.4 Å². The van der Waals surface area contributed by atoms with Crippen LogP contribution in [0.2, 0.25) is 0 Å². The number of aromatic nitrogens is 4. The van der Waals surface area contributed by atoms with E-state index >= 15 is 0 Å². The molecule has 0 aliphatic rings. The zero-order chi connectivity index (χ0) is 35.6. The van der Waals surface area contributed by atoms with E-state index in [1.807, 2.05) is 12.1 Å². The highest BCUT2D eigenvalue weighted by molar-refractivity contribution is 6.26. The molecule has 0 saturated carbocycles. The van der Waals surface area contributed by atoms with Crippen LogP contribution in [0.4, 0.5) is 0 Å². The van der Waals surface area contributed by atoms with E-state index in [4.69, 9.17) is 9.97 Å². The van der Waals surface area contributed by atoms with Crippen molar-refractivity contribution in [3.8, 4) is 45.3 Å². The first-order valence-electron chi connectivity index (χ1n) is 18.3. The largest absolute Gasteiger partial charge is 0.309 e. The predicted octanol–water partition coefficient (Wildman–Crippen LogP) is 12.8. The molecule has 3 aromatic heterocycles. The van der Waals surface area contributed by atoms with Gasteiger partial charge in [0.2, 0.25) is 0 Å². The number of rotatable bonds is 5. The second kappa shape index (κ2) is 12.1. The highest BCUT2D eigenvalue weighted by atomic mass is 15.0. The average molecular weight is 689 g/mol. The molecule has 8 aromatic carbocycles. The Labute approximate surface area is 311 Å². The highest BCUT2D eigenvalue weighted by Gasteiger charge is 2.21. The first-order valence-corrected chi connectivity index (χ1v) is 18.3. The summed E-state index contributed by atoms with van der Waals surface area (Å²) >= 11 is 0. The molecule has 0 spiro atoms. The highest BCUT2D eigenvalue weighted by Crippen LogP contribution is 2.42. The monoisotopic (exact) mass is 688 g/mol. The molecule has 0 unspecified atom stereocenters. The van der Waals surface area contributed by atoms with Gasteiger partial charge in [-0.3, -0.25) is 0 Å². The Hall–Kier alpha value is -7.30. The molecule has 0 saturated heterocycles. The van der Waals surface area contributed by atoms with Crippen molar-refractivity contribution < 1.29 is 0 Å². The quantitative estimate of drug-likeness (QED) is 0.180. The average Bonchev–Trinajstić information content (AvgIpc) is 3.77. The molecule has 11 aromatic rings. The fraction of sp³-hybridized carbons (Fsp3) is 0. The van der Waals surface area contributed by atoms with Crippen LogP contribution < -0.4 is 0 Å². The van der Waals surface area contributed by atoms with Crippen LogP contribution in [0.15, 0.2) is 194 Å². The second-order valence-corrected chi connectivity index (χ2v) is 13.8. The SMILES string of the molecule is c1ccc(-c2cc(-c3ccccc3)nc(-c3ccc(-n4c5ccccc5c5ccc6c(c7ccccc7n6-c6ccc7ccccc7c6)c54)cc3)n2)cc1. The number of hydrogen-bond donors (Lipinski definition) is 0. The summed E-state index contributed by atoms with van der Waals surface area (Å²) in [5.41, 5.74) is 11.9. The zero-order valence-corrected chi connectivity index (χ0v) is 29.3. The van der Waals surface area contributed by atoms with Crippen molar-refractivity contribution >= 4 is 54.4 Å². The third-order valence-electron chi connectivity index (χ3n) is 10.7. The van der Waals surface area contributed by atoms with E-state index in [-0.39, 0.29) is 0 Å². The summed E-state index contributed by atoms with van der Waals surface area (Å²) in [5, 5.41) is 7.39. The Morgan fingerprint density at radius 2 is 0.907 bits per heavy atom. The summed E-state index contributed by atoms with van der Waals surface area (Å²) in [6, 6.07) is 69.0. The number of fused-ring (bicyclic) bond motifs is 8. The maximum atomic E-state index is 5.10. The lowest BCUT2D eigenvalue weighted by molar-refractivity contribution is 1.16. The molecule has 0 amide bonds. The summed E-state index contributed by atoms with van der Waals surface area (Å²) in [6.45, 7) is 0. The molecule has 0 bridgehead atoms. The second-order valence-electron chi connectivity index (χ2n) is 13.8. The van der Waals surface area contributed by atoms with Gasteiger partial charge in [0.05, 0.1) is 33.5 Å². The lowest BCUT2D eigenvalue weighted by Gasteiger charge is -2.12. The van der Waals surface area contributed by atoms with Gasteiger partial charge < -0.3 is 9.13 Å². The third-order valence-corrected chi connectivity index (χ3v) is 10.7. The third kappa shape index (κ3) is 4.78. The number of para-hydroxylation sites is 2. The summed E-state index contributed by atoms with van der Waals surface area (Å²) in [6.07, 6.45) is 0. The van der Waals surface area contributed by atoms with Gasteiger partial charge in [0, 0.05) is 49.6 Å². The van der Waals surface area contributed by atoms with Gasteiger partial charge in [-0.15, -0.1) is 0 Å². The van der Waals surface area contributed by atoms with E-state index in [1.54, 1.807) is 0 Å². The number of hydrogen-bond acceptors (Lipinski definition) is 2. The maximum Gasteiger partial charge on any atom is 0.160 e. The van der Waals surface area contributed by atoms with Crippen molar-refractivity contribution in [2.24, 2.45) is 0 Å². The van der Waals surface area contributed by atoms with Gasteiger partial charge in [-0.2, -0.15) is 0 Å². The molecule has 4 heteroatoms. The van der Waals surface area contributed by atoms with Gasteiger partial charge in [0.25, 0.3) is 0 Å². The summed E-state index contributed by atoms with van der Waals surface area (Å²) < 4.78 is 4.85. The van der Waals surface area contributed by atoms with E-state index in [1.165, 1.54) is 54.4 Å². The minimum atomic E-state index is 0.699. The van der Waals surface area contributed by atoms with Crippen LogP contribution >= 0.6 is 0 Å². The Morgan fingerprint density at radius 1 is 0.333 bits per heavy atom. The molecule has 0 fully saturated rings. The van der Waals surface area contributed by atoms with Crippen LogP contribution in [-0.2, 0) is 0 Å². The number of benzene rings is 8. The van der Waals surface area contributed by atoms with Crippen LogP contribution in [0, 0.1) is 0 Å². The molecular weight excluding hydrogens is 657 g/mol. The predicted molar refractivity (Wildman–Crippen MR) is 225 cm³/mol. The number of nitrogens with zero attached hydrogens (tertiary/aromatic N) is 4. The lowest BCUT2D eigenvalue weighted by atomic mass is 10.1. The fourth-order valence-electron chi connectivity index (χ4n) is 8.22. The molecule has 11 rings (SSSR count). The minimum Gasteiger partial charge on any atom is -0.309 e. The molecular formula is C50H32N4. The van der Waals surface area contributed by atoms with Crippen molar-refractivity contribution in [1.82, 2.24) is 19.1 Å². The molecule has 3 heterocycles. The zero-order valence-electron chi connectivity index (χ0n) is 29.3. The Bertz CT molecular complexity index is 3130. The van der Waals surface area contributed by atoms with Crippen molar-refractivity contribution in [3.63, 3.8) is 0 Å². The summed E-state index contributed by atoms with van der Waals surface area (Å²) in [4.78, 5) is 10.2. The van der Waals surface area contributed by atoms with Gasteiger partial charge in [-0.1, -0.05) is 133 Å². The first kappa shape index (κ1) is 30.3. The van der Waals surface area contributed by atoms with Gasteiger partial charge >= 0.3 is 0 Å². The van der Waals surface area contributed by atoms with Gasteiger partial charge in [0.1, 0.15) is 0 Å². The molecule has 0 atom stereocenters. The van der Waals surface area contributed by atoms with E-state index in [9.17, 15) is 0 Å². The molecule has 252 valence electrons. The van der Waals surface area contributed by atoms with Crippen LogP contribution in [0.1, 0.15) is 0 Å². The standard InChI is InChI=1S/C50H32N4/c1-3-14-34(15-4-1)43-32-44(35-16-5-2-6-17-35)52-50(51-43)36-24-26-38(27-25-36)54-45-21-11-9-19-40(45)41-29-30-47-48(49(41)54)42-20-10-12-22-46(42)53(47)39-28-23-33-13-7-8-18-37(33)31-39/h1-32H. The molecule has 0 N–H and O–H groups in total. The van der Waals surface area contributed by atoms with Crippen LogP contribution in [0.3, 0.4) is 0 Å². The molecule has 4 nitrogen and oxygen atoms in total. The van der Waals surface area contributed by atoms with Crippen molar-refractivity contribution in [2.75, 3.05) is 0 Å². The lowest BCUT2D eigenvalue weighted by Crippen LogP contribution is -1.97. The molecule has 0 radical (unpaired) electrons. The Balaban J connectivity index is 1.13. The molecule has 0 aliphatic heterocycles. The maximum absolute atomic E-state index is 5.10. The van der Waals surface area contributed by atoms with E-state index in [0.29, 0.717) is 5.82 Å². The van der Waals surface area contributed by atoms with Gasteiger partial charge in [-0.25, -0.2) is 9.97 Å². The Morgan fingerprint density at radius 3 is 1.61 bits per heavy atom. The smallest absolute Gasteiger partial charge is 0.160 e. The van der Waals surface area contributed by atoms with Crippen molar-refractivity contribution in [3.05, 3.63) is 194 Å². The first-order chi connectivity index (χ1) is 26.8. The van der Waals surface area contributed by atoms with Crippen LogP contribution in [0.25, 0.3) is 99.7 Å². The summed E-state index contributed by atoms with van der Waals surface area (Å²) in [5.74, 6) is 0.699. The molecule has 54 heavy (non-hydrogen) atoms. The van der Waals surface area contributed by atoms with Gasteiger partial charge in [0.15, 0.2) is 5.82 Å². The molecule has 0 aliphatic carbocycles.